The molecule has 2 fully saturated rings. The first-order valence-corrected chi connectivity index (χ1v) is 13.5. The lowest BCUT2D eigenvalue weighted by Gasteiger charge is -2.35. The summed E-state index contributed by atoms with van der Waals surface area (Å²) in [6.07, 6.45) is 3.31. The van der Waals surface area contributed by atoms with Crippen LogP contribution in [0.5, 0.6) is 0 Å². The molecule has 0 saturated carbocycles. The summed E-state index contributed by atoms with van der Waals surface area (Å²) in [7, 11) is 1.81. The van der Waals surface area contributed by atoms with E-state index < -0.39 is 0 Å². The molecule has 2 saturated heterocycles. The highest BCUT2D eigenvalue weighted by molar-refractivity contribution is 6.31. The van der Waals surface area contributed by atoms with Crippen molar-refractivity contribution in [3.63, 3.8) is 0 Å². The lowest BCUT2D eigenvalue weighted by atomic mass is 9.98. The lowest BCUT2D eigenvalue weighted by molar-refractivity contribution is -0.0987. The van der Waals surface area contributed by atoms with E-state index in [4.69, 9.17) is 31.3 Å². The van der Waals surface area contributed by atoms with Crippen LogP contribution in [0.4, 0.5) is 11.5 Å². The first kappa shape index (κ1) is 31.7. The van der Waals surface area contributed by atoms with Gasteiger partial charge in [0.15, 0.2) is 5.65 Å². The van der Waals surface area contributed by atoms with Crippen LogP contribution in [-0.4, -0.2) is 76.9 Å². The summed E-state index contributed by atoms with van der Waals surface area (Å²) >= 11 is 6.22. The maximum atomic E-state index is 13.6. The number of aliphatic hydroxyl groups excluding tert-OH is 1. The standard InChI is InChI=1S/C24H29ClN6O2.C2H6.2CH2O/c1-15-11-22(29-10-8-17(32)14-29)27-23-13-20(28-31(15)23)21-5-3-4-9-30(21)24(33)18-12-16(25)6-7-19(18)26-2;3*1-2/h6-7,11-13,17,21,26,32H,3-5,8-10,14H2,1-2H3;1-2H3;2*1H2/t17-,21+;;;/m1.../s1. The predicted octanol–water partition coefficient (Wildman–Crippen LogP) is 4.33. The van der Waals surface area contributed by atoms with Gasteiger partial charge in [-0.25, -0.2) is 9.50 Å². The molecule has 4 heterocycles. The highest BCUT2D eigenvalue weighted by Crippen LogP contribution is 2.34. The molecule has 0 radical (unpaired) electrons. The molecule has 1 amide bonds. The lowest BCUT2D eigenvalue weighted by Crippen LogP contribution is -2.39. The molecule has 5 rings (SSSR count). The van der Waals surface area contributed by atoms with Crippen LogP contribution in [0, 0.1) is 6.92 Å². The molecule has 2 aromatic heterocycles. The molecule has 10 nitrogen and oxygen atoms in total. The predicted molar refractivity (Wildman–Crippen MR) is 155 cm³/mol. The molecule has 2 aliphatic heterocycles. The van der Waals surface area contributed by atoms with Crippen LogP contribution in [-0.2, 0) is 9.59 Å². The number of halogens is 1. The van der Waals surface area contributed by atoms with Crippen LogP contribution in [0.25, 0.3) is 5.65 Å². The molecule has 11 heteroatoms. The number of piperidine rings is 1. The molecule has 0 aliphatic carbocycles. The number of aliphatic hydroxyl groups is 1. The van der Waals surface area contributed by atoms with Crippen molar-refractivity contribution in [2.45, 2.75) is 58.6 Å². The van der Waals surface area contributed by atoms with E-state index in [0.717, 1.165) is 60.8 Å². The minimum Gasteiger partial charge on any atom is -0.391 e. The second-order valence-electron chi connectivity index (χ2n) is 8.93. The van der Waals surface area contributed by atoms with Gasteiger partial charge in [-0.1, -0.05) is 25.4 Å². The van der Waals surface area contributed by atoms with Crippen LogP contribution in [0.15, 0.2) is 30.3 Å². The zero-order valence-electron chi connectivity index (χ0n) is 23.2. The van der Waals surface area contributed by atoms with Crippen molar-refractivity contribution >= 4 is 48.2 Å². The molecule has 39 heavy (non-hydrogen) atoms. The number of β-amino-alcohol motifs (C(OH)–C–C–N with tert-alkyl or cyclic N) is 1. The number of nitrogens with zero attached hydrogens (tertiary/aromatic N) is 5. The Morgan fingerprint density at radius 1 is 1.08 bits per heavy atom. The third kappa shape index (κ3) is 7.13. The van der Waals surface area contributed by atoms with Crippen molar-refractivity contribution in [1.82, 2.24) is 19.5 Å². The second-order valence-corrected chi connectivity index (χ2v) is 9.37. The van der Waals surface area contributed by atoms with E-state index in [1.165, 1.54) is 0 Å². The second kappa shape index (κ2) is 15.2. The van der Waals surface area contributed by atoms with Crippen LogP contribution in [0.2, 0.25) is 5.02 Å². The van der Waals surface area contributed by atoms with Crippen molar-refractivity contribution in [3.8, 4) is 0 Å². The fraction of sp³-hybridized carbons (Fsp3) is 0.464. The Kier molecular flexibility index (Phi) is 12.3. The van der Waals surface area contributed by atoms with Gasteiger partial charge in [0, 0.05) is 55.2 Å². The maximum Gasteiger partial charge on any atom is 0.256 e. The topological polar surface area (TPSA) is 120 Å². The first-order chi connectivity index (χ1) is 18.9. The van der Waals surface area contributed by atoms with Crippen molar-refractivity contribution in [3.05, 3.63) is 52.3 Å². The smallest absolute Gasteiger partial charge is 0.256 e. The molecular formula is C28H39ClN6O4. The number of amides is 1. The summed E-state index contributed by atoms with van der Waals surface area (Å²) in [6, 6.07) is 9.24. The zero-order valence-corrected chi connectivity index (χ0v) is 23.9. The summed E-state index contributed by atoms with van der Waals surface area (Å²) in [5, 5.41) is 18.4. The summed E-state index contributed by atoms with van der Waals surface area (Å²) in [5.41, 5.74) is 3.93. The number of carbonyl (C=O) groups is 3. The van der Waals surface area contributed by atoms with E-state index in [0.29, 0.717) is 23.7 Å². The number of carbonyl (C=O) groups excluding carboxylic acids is 3. The van der Waals surface area contributed by atoms with E-state index in [1.807, 2.05) is 62.0 Å². The molecule has 0 unspecified atom stereocenters. The highest BCUT2D eigenvalue weighted by atomic mass is 35.5. The average Bonchev–Trinajstić information content (AvgIpc) is 3.62. The van der Waals surface area contributed by atoms with Crippen molar-refractivity contribution in [2.24, 2.45) is 0 Å². The fourth-order valence-electron chi connectivity index (χ4n) is 4.95. The number of anilines is 2. The molecule has 2 atom stereocenters. The molecule has 2 aliphatic rings. The van der Waals surface area contributed by atoms with Gasteiger partial charge < -0.3 is 29.8 Å². The molecule has 3 aromatic rings. The van der Waals surface area contributed by atoms with Crippen LogP contribution >= 0.6 is 11.6 Å². The van der Waals surface area contributed by atoms with Gasteiger partial charge in [0.2, 0.25) is 0 Å². The van der Waals surface area contributed by atoms with E-state index in [-0.39, 0.29) is 18.1 Å². The minimum atomic E-state index is -0.306. The van der Waals surface area contributed by atoms with Crippen molar-refractivity contribution in [2.75, 3.05) is 36.9 Å². The number of hydrogen-bond acceptors (Lipinski definition) is 8. The van der Waals surface area contributed by atoms with Gasteiger partial charge in [-0.05, 0) is 50.8 Å². The van der Waals surface area contributed by atoms with Gasteiger partial charge in [-0.2, -0.15) is 5.10 Å². The normalized spacial score (nSPS) is 18.2. The van der Waals surface area contributed by atoms with Crippen LogP contribution < -0.4 is 10.2 Å². The first-order valence-electron chi connectivity index (χ1n) is 13.1. The van der Waals surface area contributed by atoms with Gasteiger partial charge in [-0.3, -0.25) is 4.79 Å². The number of rotatable bonds is 4. The van der Waals surface area contributed by atoms with Gasteiger partial charge in [0.25, 0.3) is 5.91 Å². The molecule has 2 N–H and O–H groups in total. The van der Waals surface area contributed by atoms with E-state index in [1.54, 1.807) is 19.2 Å². The summed E-state index contributed by atoms with van der Waals surface area (Å²) in [4.78, 5) is 38.5. The number of likely N-dealkylation sites (tertiary alicyclic amines) is 1. The Labute approximate surface area is 235 Å². The Morgan fingerprint density at radius 2 is 1.79 bits per heavy atom. The number of aromatic nitrogens is 3. The highest BCUT2D eigenvalue weighted by Gasteiger charge is 2.32. The van der Waals surface area contributed by atoms with Gasteiger partial charge in [0.1, 0.15) is 19.4 Å². The fourth-order valence-corrected chi connectivity index (χ4v) is 5.12. The summed E-state index contributed by atoms with van der Waals surface area (Å²) in [5.74, 6) is 0.817. The number of aryl methyl sites for hydroxylation is 1. The van der Waals surface area contributed by atoms with Crippen LogP contribution in [0.3, 0.4) is 0 Å². The Bertz CT molecular complexity index is 1230. The molecule has 0 spiro atoms. The number of fused-ring (bicyclic) bond motifs is 1. The number of hydrogen-bond donors (Lipinski definition) is 2. The van der Waals surface area contributed by atoms with Crippen molar-refractivity contribution in [1.29, 1.82) is 0 Å². The van der Waals surface area contributed by atoms with E-state index in [2.05, 4.69) is 10.2 Å². The largest absolute Gasteiger partial charge is 0.391 e. The summed E-state index contributed by atoms with van der Waals surface area (Å²) in [6.45, 7) is 12.1. The van der Waals surface area contributed by atoms with E-state index in [9.17, 15) is 9.90 Å². The minimum absolute atomic E-state index is 0.0416. The third-order valence-electron chi connectivity index (χ3n) is 6.68. The van der Waals surface area contributed by atoms with Crippen molar-refractivity contribution < 1.29 is 19.5 Å². The quantitative estimate of drug-likeness (QED) is 0.485. The molecule has 0 bridgehead atoms. The van der Waals surface area contributed by atoms with Crippen LogP contribution in [0.1, 0.15) is 67.3 Å². The van der Waals surface area contributed by atoms with Gasteiger partial charge in [-0.15, -0.1) is 0 Å². The number of benzene rings is 1. The Balaban J connectivity index is 0.000000833. The monoisotopic (exact) mass is 558 g/mol. The SMILES string of the molecule is C=O.C=O.CC.CNc1ccc(Cl)cc1C(=O)N1CCCC[C@H]1c1cc2nc(N3CC[C@@H](O)C3)cc(C)n2n1. The average molecular weight is 559 g/mol. The van der Waals surface area contributed by atoms with Gasteiger partial charge in [0.05, 0.1) is 23.4 Å². The van der Waals surface area contributed by atoms with E-state index >= 15 is 0 Å². The Hall–Kier alpha value is -3.50. The molecule has 1 aromatic carbocycles. The van der Waals surface area contributed by atoms with Gasteiger partial charge >= 0.3 is 0 Å². The zero-order chi connectivity index (χ0) is 29.1. The number of nitrogens with one attached hydrogen (secondary N) is 1. The third-order valence-corrected chi connectivity index (χ3v) is 6.92. The molecular weight excluding hydrogens is 520 g/mol. The maximum absolute atomic E-state index is 13.6. The molecule has 212 valence electrons. The Morgan fingerprint density at radius 3 is 2.44 bits per heavy atom. The summed E-state index contributed by atoms with van der Waals surface area (Å²) < 4.78 is 1.85.